The molecule has 0 amide bonds. The van der Waals surface area contributed by atoms with Crippen molar-refractivity contribution in [2.45, 2.75) is 55.5 Å². The first kappa shape index (κ1) is 16.9. The fraction of sp³-hybridized carbons (Fsp3) is 0.800. The predicted molar refractivity (Wildman–Crippen MR) is 86.4 cm³/mol. The van der Waals surface area contributed by atoms with Crippen LogP contribution in [0.25, 0.3) is 0 Å². The molecule has 0 radical (unpaired) electrons. The van der Waals surface area contributed by atoms with Gasteiger partial charge in [0.1, 0.15) is 4.90 Å². The Hall–Kier alpha value is -0.960. The zero-order valence-electron chi connectivity index (χ0n) is 13.4. The zero-order chi connectivity index (χ0) is 16.3. The third-order valence-corrected chi connectivity index (χ3v) is 6.43. The third kappa shape index (κ3) is 3.93. The molecule has 1 saturated carbocycles. The molecule has 8 heteroatoms. The van der Waals surface area contributed by atoms with Gasteiger partial charge in [0.2, 0.25) is 10.0 Å². The molecule has 3 N–H and O–H groups in total. The van der Waals surface area contributed by atoms with Gasteiger partial charge in [-0.1, -0.05) is 12.8 Å². The van der Waals surface area contributed by atoms with Gasteiger partial charge >= 0.3 is 0 Å². The van der Waals surface area contributed by atoms with E-state index < -0.39 is 10.0 Å². The Labute approximate surface area is 137 Å². The standard InChI is InChI=1S/C15H26N4O3S/c16-9-15(12-3-1-2-4-12)18-23(20,21)14-10-17-19(11-14)13-5-7-22-8-6-13/h10-13,15,18H,1-9,16H2. The Morgan fingerprint density at radius 1 is 1.30 bits per heavy atom. The highest BCUT2D eigenvalue weighted by atomic mass is 32.2. The van der Waals surface area contributed by atoms with Crippen molar-refractivity contribution >= 4 is 10.0 Å². The van der Waals surface area contributed by atoms with Gasteiger partial charge < -0.3 is 10.5 Å². The first-order valence-corrected chi connectivity index (χ1v) is 9.93. The van der Waals surface area contributed by atoms with Crippen molar-refractivity contribution < 1.29 is 13.2 Å². The van der Waals surface area contributed by atoms with Gasteiger partial charge in [0.05, 0.1) is 12.2 Å². The molecule has 3 rings (SSSR count). The van der Waals surface area contributed by atoms with Crippen molar-refractivity contribution in [1.82, 2.24) is 14.5 Å². The summed E-state index contributed by atoms with van der Waals surface area (Å²) in [6.45, 7) is 1.72. The molecule has 1 aromatic rings. The minimum Gasteiger partial charge on any atom is -0.381 e. The molecule has 1 atom stereocenters. The molecule has 1 aliphatic heterocycles. The number of aromatic nitrogens is 2. The Kier molecular flexibility index (Phi) is 5.35. The van der Waals surface area contributed by atoms with Crippen LogP contribution in [-0.4, -0.2) is 44.0 Å². The maximum atomic E-state index is 12.6. The van der Waals surface area contributed by atoms with Gasteiger partial charge in [0, 0.05) is 32.0 Å². The second-order valence-corrected chi connectivity index (χ2v) is 8.22. The van der Waals surface area contributed by atoms with E-state index in [9.17, 15) is 8.42 Å². The summed E-state index contributed by atoms with van der Waals surface area (Å²) in [6, 6.07) is 0.0294. The lowest BCUT2D eigenvalue weighted by Crippen LogP contribution is -2.44. The van der Waals surface area contributed by atoms with Crippen LogP contribution in [0.3, 0.4) is 0 Å². The van der Waals surface area contributed by atoms with E-state index >= 15 is 0 Å². The number of nitrogens with one attached hydrogen (secondary N) is 1. The maximum Gasteiger partial charge on any atom is 0.243 e. The van der Waals surface area contributed by atoms with Crippen LogP contribution in [0.2, 0.25) is 0 Å². The van der Waals surface area contributed by atoms with Gasteiger partial charge in [0.15, 0.2) is 0 Å². The van der Waals surface area contributed by atoms with Gasteiger partial charge in [-0.15, -0.1) is 0 Å². The number of hydrogen-bond donors (Lipinski definition) is 2. The summed E-state index contributed by atoms with van der Waals surface area (Å²) in [7, 11) is -3.57. The highest BCUT2D eigenvalue weighted by molar-refractivity contribution is 7.89. The Morgan fingerprint density at radius 2 is 2.00 bits per heavy atom. The summed E-state index contributed by atoms with van der Waals surface area (Å²) < 4.78 is 35.1. The van der Waals surface area contributed by atoms with Crippen molar-refractivity contribution in [2.75, 3.05) is 19.8 Å². The molecule has 2 aliphatic rings. The average Bonchev–Trinajstić information content (AvgIpc) is 3.25. The van der Waals surface area contributed by atoms with Crippen LogP contribution in [0.15, 0.2) is 17.3 Å². The van der Waals surface area contributed by atoms with Crippen LogP contribution in [0.4, 0.5) is 0 Å². The number of sulfonamides is 1. The zero-order valence-corrected chi connectivity index (χ0v) is 14.2. The summed E-state index contributed by atoms with van der Waals surface area (Å²) >= 11 is 0. The van der Waals surface area contributed by atoms with Crippen LogP contribution in [0, 0.1) is 5.92 Å². The number of nitrogens with zero attached hydrogens (tertiary/aromatic N) is 2. The number of rotatable bonds is 6. The predicted octanol–water partition coefficient (Wildman–Crippen LogP) is 1.03. The van der Waals surface area contributed by atoms with Crippen LogP contribution < -0.4 is 10.5 Å². The third-order valence-electron chi connectivity index (χ3n) is 4.98. The molecule has 0 aromatic carbocycles. The highest BCUT2D eigenvalue weighted by Crippen LogP contribution is 2.28. The molecule has 0 bridgehead atoms. The largest absolute Gasteiger partial charge is 0.381 e. The normalized spacial score (nSPS) is 22.5. The van der Waals surface area contributed by atoms with Gasteiger partial charge in [-0.3, -0.25) is 4.68 Å². The van der Waals surface area contributed by atoms with Crippen LogP contribution in [-0.2, 0) is 14.8 Å². The first-order chi connectivity index (χ1) is 11.1. The molecule has 2 heterocycles. The fourth-order valence-electron chi connectivity index (χ4n) is 3.57. The highest BCUT2D eigenvalue weighted by Gasteiger charge is 2.29. The van der Waals surface area contributed by atoms with Crippen LogP contribution in [0.5, 0.6) is 0 Å². The van der Waals surface area contributed by atoms with Crippen LogP contribution in [0.1, 0.15) is 44.6 Å². The molecule has 130 valence electrons. The van der Waals surface area contributed by atoms with Crippen molar-refractivity contribution in [2.24, 2.45) is 11.7 Å². The van der Waals surface area contributed by atoms with Gasteiger partial charge in [-0.2, -0.15) is 5.10 Å². The summed E-state index contributed by atoms with van der Waals surface area (Å²) in [5.41, 5.74) is 5.80. The molecule has 0 spiro atoms. The average molecular weight is 342 g/mol. The lowest BCUT2D eigenvalue weighted by atomic mass is 9.99. The van der Waals surface area contributed by atoms with Crippen molar-refractivity contribution in [1.29, 1.82) is 0 Å². The molecule has 23 heavy (non-hydrogen) atoms. The molecule has 1 aromatic heterocycles. The fourth-order valence-corrected chi connectivity index (χ4v) is 4.83. The number of nitrogens with two attached hydrogens (primary N) is 1. The van der Waals surface area contributed by atoms with Crippen molar-refractivity contribution in [3.05, 3.63) is 12.4 Å². The van der Waals surface area contributed by atoms with E-state index in [1.54, 1.807) is 10.9 Å². The topological polar surface area (TPSA) is 99.2 Å². The molecule has 7 nitrogen and oxygen atoms in total. The smallest absolute Gasteiger partial charge is 0.243 e. The van der Waals surface area contributed by atoms with E-state index in [0.717, 1.165) is 38.5 Å². The van der Waals surface area contributed by atoms with E-state index in [4.69, 9.17) is 10.5 Å². The lowest BCUT2D eigenvalue weighted by Gasteiger charge is -2.23. The van der Waals surface area contributed by atoms with E-state index in [-0.39, 0.29) is 17.0 Å². The summed E-state index contributed by atoms with van der Waals surface area (Å²) in [6.07, 6.45) is 9.19. The van der Waals surface area contributed by atoms with Crippen molar-refractivity contribution in [3.8, 4) is 0 Å². The molecule has 2 fully saturated rings. The molecular weight excluding hydrogens is 316 g/mol. The van der Waals surface area contributed by atoms with Crippen LogP contribution >= 0.6 is 0 Å². The molecular formula is C15H26N4O3S. The van der Waals surface area contributed by atoms with E-state index in [2.05, 4.69) is 9.82 Å². The molecule has 1 saturated heterocycles. The Morgan fingerprint density at radius 3 is 2.65 bits per heavy atom. The molecule has 1 aliphatic carbocycles. The SMILES string of the molecule is NCC(NS(=O)(=O)c1cnn(C2CCOCC2)c1)C1CCCC1. The Balaban J connectivity index is 1.70. The minimum absolute atomic E-state index is 0.186. The maximum absolute atomic E-state index is 12.6. The summed E-state index contributed by atoms with van der Waals surface area (Å²) in [5, 5.41) is 4.25. The van der Waals surface area contributed by atoms with Gasteiger partial charge in [-0.05, 0) is 31.6 Å². The quantitative estimate of drug-likeness (QED) is 0.804. The monoisotopic (exact) mass is 342 g/mol. The van der Waals surface area contributed by atoms with E-state index in [1.165, 1.54) is 6.20 Å². The molecule has 1 unspecified atom stereocenters. The Bertz CT molecular complexity index is 604. The number of hydrogen-bond acceptors (Lipinski definition) is 5. The summed E-state index contributed by atoms with van der Waals surface area (Å²) in [5.74, 6) is 0.348. The second kappa shape index (κ2) is 7.29. The van der Waals surface area contributed by atoms with Gasteiger partial charge in [-0.25, -0.2) is 13.1 Å². The summed E-state index contributed by atoms with van der Waals surface area (Å²) in [4.78, 5) is 0.223. The van der Waals surface area contributed by atoms with E-state index in [0.29, 0.717) is 25.7 Å². The van der Waals surface area contributed by atoms with Crippen molar-refractivity contribution in [3.63, 3.8) is 0 Å². The first-order valence-electron chi connectivity index (χ1n) is 8.44. The van der Waals surface area contributed by atoms with Gasteiger partial charge in [0.25, 0.3) is 0 Å². The minimum atomic E-state index is -3.57. The number of ether oxygens (including phenoxy) is 1. The van der Waals surface area contributed by atoms with E-state index in [1.807, 2.05) is 0 Å². The second-order valence-electron chi connectivity index (χ2n) is 6.51. The lowest BCUT2D eigenvalue weighted by molar-refractivity contribution is 0.0662.